The summed E-state index contributed by atoms with van der Waals surface area (Å²) in [5, 5.41) is 5.46. The van der Waals surface area contributed by atoms with Crippen LogP contribution in [0.1, 0.15) is 16.8 Å². The van der Waals surface area contributed by atoms with E-state index in [4.69, 9.17) is 0 Å². The monoisotopic (exact) mass is 233 g/mol. The van der Waals surface area contributed by atoms with Crippen molar-refractivity contribution in [1.82, 2.24) is 15.3 Å². The zero-order valence-electron chi connectivity index (χ0n) is 9.31. The fourth-order valence-corrected chi connectivity index (χ4v) is 2.11. The van der Waals surface area contributed by atoms with E-state index in [9.17, 15) is 0 Å². The number of hydrogen-bond acceptors (Lipinski definition) is 4. The fraction of sp³-hybridized carbons (Fsp3) is 0.333. The number of rotatable bonds is 5. The lowest BCUT2D eigenvalue weighted by Crippen LogP contribution is -2.17. The Labute approximate surface area is 99.6 Å². The molecule has 4 heteroatoms. The summed E-state index contributed by atoms with van der Waals surface area (Å²) in [6.07, 6.45) is 4.80. The number of nitrogens with zero attached hydrogens (tertiary/aromatic N) is 2. The first-order chi connectivity index (χ1) is 7.86. The van der Waals surface area contributed by atoms with Gasteiger partial charge in [-0.05, 0) is 37.1 Å². The maximum atomic E-state index is 4.22. The van der Waals surface area contributed by atoms with Crippen LogP contribution in [0.15, 0.2) is 29.4 Å². The van der Waals surface area contributed by atoms with Crippen LogP contribution in [0, 0.1) is 6.92 Å². The number of aromatic nitrogens is 2. The minimum atomic E-state index is 0.855. The van der Waals surface area contributed by atoms with E-state index >= 15 is 0 Å². The van der Waals surface area contributed by atoms with Gasteiger partial charge in [0.2, 0.25) is 0 Å². The first kappa shape index (κ1) is 11.2. The third kappa shape index (κ3) is 3.12. The molecule has 0 atom stereocenters. The minimum absolute atomic E-state index is 0.855. The van der Waals surface area contributed by atoms with Crippen molar-refractivity contribution in [2.24, 2.45) is 0 Å². The predicted molar refractivity (Wildman–Crippen MR) is 66.5 cm³/mol. The van der Waals surface area contributed by atoms with Gasteiger partial charge in [0.1, 0.15) is 0 Å². The van der Waals surface area contributed by atoms with Crippen LogP contribution in [-0.4, -0.2) is 16.5 Å². The quantitative estimate of drug-likeness (QED) is 0.804. The van der Waals surface area contributed by atoms with Crippen molar-refractivity contribution in [3.05, 3.63) is 46.2 Å². The van der Waals surface area contributed by atoms with Gasteiger partial charge >= 0.3 is 0 Å². The summed E-state index contributed by atoms with van der Waals surface area (Å²) >= 11 is 1.64. The summed E-state index contributed by atoms with van der Waals surface area (Å²) in [6.45, 7) is 3.93. The molecule has 2 aromatic heterocycles. The highest BCUT2D eigenvalue weighted by molar-refractivity contribution is 7.07. The van der Waals surface area contributed by atoms with Crippen LogP contribution < -0.4 is 5.32 Å². The van der Waals surface area contributed by atoms with E-state index in [0.29, 0.717) is 0 Å². The van der Waals surface area contributed by atoms with Crippen molar-refractivity contribution in [3.8, 4) is 0 Å². The van der Waals surface area contributed by atoms with Crippen LogP contribution in [0.2, 0.25) is 0 Å². The van der Waals surface area contributed by atoms with E-state index in [2.05, 4.69) is 33.7 Å². The molecule has 2 aromatic rings. The van der Waals surface area contributed by atoms with Gasteiger partial charge in [-0.15, -0.1) is 11.3 Å². The minimum Gasteiger partial charge on any atom is -0.311 e. The third-order valence-electron chi connectivity index (χ3n) is 2.50. The molecular formula is C12H15N3S. The van der Waals surface area contributed by atoms with Crippen LogP contribution in [0.25, 0.3) is 0 Å². The second kappa shape index (κ2) is 5.72. The molecule has 3 nitrogen and oxygen atoms in total. The van der Waals surface area contributed by atoms with Gasteiger partial charge in [-0.2, -0.15) is 0 Å². The van der Waals surface area contributed by atoms with Gasteiger partial charge in [0.15, 0.2) is 0 Å². The first-order valence-corrected chi connectivity index (χ1v) is 6.28. The molecule has 0 unspecified atom stereocenters. The van der Waals surface area contributed by atoms with Crippen LogP contribution in [0.5, 0.6) is 0 Å². The predicted octanol–water partition coefficient (Wildman–Crippen LogP) is 2.18. The van der Waals surface area contributed by atoms with Crippen molar-refractivity contribution in [1.29, 1.82) is 0 Å². The number of pyridine rings is 1. The van der Waals surface area contributed by atoms with E-state index in [0.717, 1.165) is 25.2 Å². The van der Waals surface area contributed by atoms with E-state index in [1.807, 2.05) is 17.9 Å². The van der Waals surface area contributed by atoms with E-state index in [1.54, 1.807) is 11.3 Å². The average molecular weight is 233 g/mol. The topological polar surface area (TPSA) is 37.8 Å². The molecule has 0 aromatic carbocycles. The highest BCUT2D eigenvalue weighted by Crippen LogP contribution is 2.05. The first-order valence-electron chi connectivity index (χ1n) is 5.33. The summed E-state index contributed by atoms with van der Waals surface area (Å²) in [4.78, 5) is 8.31. The highest BCUT2D eigenvalue weighted by atomic mass is 32.1. The number of thiazole rings is 1. The lowest BCUT2D eigenvalue weighted by atomic mass is 10.1. The fourth-order valence-electron chi connectivity index (χ4n) is 1.55. The molecule has 0 aliphatic heterocycles. The molecule has 0 saturated carbocycles. The molecule has 0 spiro atoms. The zero-order chi connectivity index (χ0) is 11.2. The van der Waals surface area contributed by atoms with Crippen molar-refractivity contribution in [3.63, 3.8) is 0 Å². The Morgan fingerprint density at radius 3 is 3.12 bits per heavy atom. The Balaban J connectivity index is 1.74. The van der Waals surface area contributed by atoms with Crippen LogP contribution in [-0.2, 0) is 13.0 Å². The molecule has 2 rings (SSSR count). The van der Waals surface area contributed by atoms with Gasteiger partial charge in [0.05, 0.1) is 11.2 Å². The molecule has 16 heavy (non-hydrogen) atoms. The lowest BCUT2D eigenvalue weighted by Gasteiger charge is -2.05. The van der Waals surface area contributed by atoms with Gasteiger partial charge in [0, 0.05) is 24.3 Å². The number of hydrogen-bond donors (Lipinski definition) is 1. The lowest BCUT2D eigenvalue weighted by molar-refractivity contribution is 0.676. The van der Waals surface area contributed by atoms with E-state index in [1.165, 1.54) is 11.1 Å². The summed E-state index contributed by atoms with van der Waals surface area (Å²) in [5.74, 6) is 0. The molecule has 2 heterocycles. The van der Waals surface area contributed by atoms with E-state index in [-0.39, 0.29) is 0 Å². The van der Waals surface area contributed by atoms with Crippen LogP contribution >= 0.6 is 11.3 Å². The molecular weight excluding hydrogens is 218 g/mol. The number of aryl methyl sites for hydroxylation is 1. The standard InChI is InChI=1S/C12H15N3S/c1-10-6-13-4-2-11(10)3-5-14-7-12-8-16-9-15-12/h2,4,6,8-9,14H,3,5,7H2,1H3. The Bertz CT molecular complexity index is 426. The van der Waals surface area contributed by atoms with Gasteiger partial charge in [0.25, 0.3) is 0 Å². The van der Waals surface area contributed by atoms with Crippen LogP contribution in [0.4, 0.5) is 0 Å². The summed E-state index contributed by atoms with van der Waals surface area (Å²) < 4.78 is 0. The largest absolute Gasteiger partial charge is 0.311 e. The van der Waals surface area contributed by atoms with Gasteiger partial charge in [-0.25, -0.2) is 4.98 Å². The summed E-state index contributed by atoms with van der Waals surface area (Å²) in [6, 6.07) is 2.08. The van der Waals surface area contributed by atoms with Gasteiger partial charge in [-0.1, -0.05) is 0 Å². The Kier molecular flexibility index (Phi) is 4.02. The maximum Gasteiger partial charge on any atom is 0.0795 e. The summed E-state index contributed by atoms with van der Waals surface area (Å²) in [5.41, 5.74) is 5.61. The highest BCUT2D eigenvalue weighted by Gasteiger charge is 1.98. The molecule has 0 aliphatic rings. The molecule has 0 bridgehead atoms. The Morgan fingerprint density at radius 1 is 1.44 bits per heavy atom. The third-order valence-corrected chi connectivity index (χ3v) is 3.13. The maximum absolute atomic E-state index is 4.22. The Hall–Kier alpha value is -1.26. The van der Waals surface area contributed by atoms with Gasteiger partial charge in [-0.3, -0.25) is 4.98 Å². The van der Waals surface area contributed by atoms with Gasteiger partial charge < -0.3 is 5.32 Å². The second-order valence-corrected chi connectivity index (χ2v) is 4.43. The normalized spacial score (nSPS) is 10.6. The van der Waals surface area contributed by atoms with Crippen molar-refractivity contribution in [2.45, 2.75) is 19.9 Å². The molecule has 0 aliphatic carbocycles. The smallest absolute Gasteiger partial charge is 0.0795 e. The summed E-state index contributed by atoms with van der Waals surface area (Å²) in [7, 11) is 0. The molecule has 0 saturated heterocycles. The van der Waals surface area contributed by atoms with Crippen LogP contribution in [0.3, 0.4) is 0 Å². The molecule has 0 amide bonds. The molecule has 1 N–H and O–H groups in total. The van der Waals surface area contributed by atoms with Crippen molar-refractivity contribution >= 4 is 11.3 Å². The SMILES string of the molecule is Cc1cnccc1CCNCc1cscn1. The average Bonchev–Trinajstić information content (AvgIpc) is 2.79. The molecule has 0 radical (unpaired) electrons. The number of nitrogens with one attached hydrogen (secondary N) is 1. The molecule has 84 valence electrons. The molecule has 0 fully saturated rings. The van der Waals surface area contributed by atoms with Crippen molar-refractivity contribution < 1.29 is 0 Å². The van der Waals surface area contributed by atoms with Crippen molar-refractivity contribution in [2.75, 3.05) is 6.54 Å². The zero-order valence-corrected chi connectivity index (χ0v) is 10.1. The second-order valence-electron chi connectivity index (χ2n) is 3.71. The van der Waals surface area contributed by atoms with E-state index < -0.39 is 0 Å². The Morgan fingerprint density at radius 2 is 2.38 bits per heavy atom.